The predicted molar refractivity (Wildman–Crippen MR) is 212 cm³/mol. The van der Waals surface area contributed by atoms with E-state index in [-0.39, 0.29) is 31.6 Å². The van der Waals surface area contributed by atoms with Crippen molar-refractivity contribution in [2.24, 2.45) is 11.7 Å². The lowest BCUT2D eigenvalue weighted by molar-refractivity contribution is -0.147. The molecule has 62 heavy (non-hydrogen) atoms. The van der Waals surface area contributed by atoms with E-state index in [2.05, 4.69) is 31.9 Å². The normalized spacial score (nSPS) is 17.4. The zero-order valence-corrected chi connectivity index (χ0v) is 34.5. The van der Waals surface area contributed by atoms with Gasteiger partial charge in [0.25, 0.3) is 0 Å². The Labute approximate surface area is 355 Å². The molecule has 0 aliphatic carbocycles. The molecule has 0 bridgehead atoms. The minimum absolute atomic E-state index is 0.00309. The molecule has 24 nitrogen and oxygen atoms in total. The third kappa shape index (κ3) is 15.9. The van der Waals surface area contributed by atoms with Crippen LogP contribution in [0.25, 0.3) is 0 Å². The molecule has 7 amide bonds. The van der Waals surface area contributed by atoms with Crippen molar-refractivity contribution in [3.05, 3.63) is 29.8 Å². The molecule has 1 aromatic rings. The second kappa shape index (κ2) is 24.1. The molecule has 14 N–H and O–H groups in total. The van der Waals surface area contributed by atoms with Gasteiger partial charge in [-0.15, -0.1) is 0 Å². The van der Waals surface area contributed by atoms with Crippen LogP contribution in [0.3, 0.4) is 0 Å². The number of likely N-dealkylation sites (tertiary alicyclic amines) is 1. The van der Waals surface area contributed by atoms with E-state index in [1.165, 1.54) is 45.0 Å². The first-order chi connectivity index (χ1) is 29.0. The summed E-state index contributed by atoms with van der Waals surface area (Å²) in [4.78, 5) is 128. The fourth-order valence-electron chi connectivity index (χ4n) is 6.23. The van der Waals surface area contributed by atoms with Crippen LogP contribution in [0.2, 0.25) is 0 Å². The van der Waals surface area contributed by atoms with Gasteiger partial charge in [-0.05, 0) is 63.1 Å². The number of carboxylic acids is 3. The average Bonchev–Trinajstić information content (AvgIpc) is 3.69. The van der Waals surface area contributed by atoms with Gasteiger partial charge < -0.3 is 73.2 Å². The van der Waals surface area contributed by atoms with Crippen LogP contribution in [0.4, 0.5) is 0 Å². The quantitative estimate of drug-likeness (QED) is 0.0466. The highest BCUT2D eigenvalue weighted by atomic mass is 16.4. The predicted octanol–water partition coefficient (Wildman–Crippen LogP) is -4.37. The Kier molecular flexibility index (Phi) is 20.2. The van der Waals surface area contributed by atoms with E-state index in [4.69, 9.17) is 5.73 Å². The third-order valence-electron chi connectivity index (χ3n) is 9.70. The number of nitrogens with zero attached hydrogens (tertiary/aromatic N) is 1. The minimum Gasteiger partial charge on any atom is -0.508 e. The molecule has 1 aromatic carbocycles. The molecule has 1 heterocycles. The molecule has 1 aliphatic rings. The van der Waals surface area contributed by atoms with Gasteiger partial charge in [-0.1, -0.05) is 26.0 Å². The van der Waals surface area contributed by atoms with Crippen molar-refractivity contribution in [3.8, 4) is 5.75 Å². The lowest BCUT2D eigenvalue weighted by atomic mass is 10.0. The second-order valence-electron chi connectivity index (χ2n) is 15.1. The Balaban J connectivity index is 2.18. The summed E-state index contributed by atoms with van der Waals surface area (Å²) in [6.07, 6.45) is -3.57. The lowest BCUT2D eigenvalue weighted by Gasteiger charge is -2.31. The van der Waals surface area contributed by atoms with E-state index in [1.807, 2.05) is 0 Å². The summed E-state index contributed by atoms with van der Waals surface area (Å²) in [5, 5.41) is 71.5. The number of aliphatic hydroxyl groups is 2. The molecular weight excluding hydrogens is 824 g/mol. The number of nitrogens with one attached hydrogen (secondary N) is 6. The van der Waals surface area contributed by atoms with Gasteiger partial charge in [0, 0.05) is 13.0 Å². The zero-order chi connectivity index (χ0) is 47.0. The summed E-state index contributed by atoms with van der Waals surface area (Å²) in [6, 6.07) is -6.47. The maximum atomic E-state index is 13.8. The van der Waals surface area contributed by atoms with Crippen LogP contribution in [0.1, 0.15) is 65.4 Å². The number of nitrogens with two attached hydrogens (primary N) is 1. The number of carbonyl (C=O) groups is 10. The van der Waals surface area contributed by atoms with Gasteiger partial charge in [-0.3, -0.25) is 43.2 Å². The fraction of sp³-hybridized carbons (Fsp3) is 0.579. The molecule has 0 radical (unpaired) electrons. The largest absolute Gasteiger partial charge is 0.508 e. The molecule has 2 rings (SSSR count). The molecular formula is C38H56N8O16. The molecule has 9 atom stereocenters. The highest BCUT2D eigenvalue weighted by Gasteiger charge is 2.41. The van der Waals surface area contributed by atoms with Crippen molar-refractivity contribution >= 4 is 59.3 Å². The van der Waals surface area contributed by atoms with E-state index in [0.717, 1.165) is 11.8 Å². The fourth-order valence-corrected chi connectivity index (χ4v) is 6.23. The van der Waals surface area contributed by atoms with Crippen molar-refractivity contribution in [1.82, 2.24) is 36.8 Å². The number of hydrogen-bond acceptors (Lipinski definition) is 14. The number of amides is 7. The van der Waals surface area contributed by atoms with Crippen molar-refractivity contribution in [3.63, 3.8) is 0 Å². The molecule has 344 valence electrons. The Hall–Kier alpha value is -6.40. The van der Waals surface area contributed by atoms with E-state index in [0.29, 0.717) is 5.56 Å². The van der Waals surface area contributed by atoms with Crippen molar-refractivity contribution in [2.75, 3.05) is 13.2 Å². The standard InChI is InChI=1S/C38H56N8O16/c1-17(2)29(38(61)62)44-36(59)30(19(4)48)45-35(58)26-6-5-13-46(26)37(60)24(15-28(52)53)42-34(57)25(16-47)43-33(56)23(11-12-27(50)51)41-31(54)18(3)40-32(55)22(39)14-20-7-9-21(49)10-8-20/h7-10,17-19,22-26,29-30,47-49H,5-6,11-16,39H2,1-4H3,(H,40,55)(H,41,54)(H,42,57)(H,43,56)(H,44,59)(H,45,58)(H,50,51)(H,52,53)(H,61,62). The van der Waals surface area contributed by atoms with Gasteiger partial charge in [0.2, 0.25) is 41.4 Å². The maximum absolute atomic E-state index is 13.8. The van der Waals surface area contributed by atoms with E-state index in [9.17, 15) is 78.6 Å². The molecule has 0 aromatic heterocycles. The smallest absolute Gasteiger partial charge is 0.326 e. The van der Waals surface area contributed by atoms with E-state index < -0.39 is 145 Å². The molecule has 9 unspecified atom stereocenters. The highest BCUT2D eigenvalue weighted by molar-refractivity contribution is 5.99. The first-order valence-corrected chi connectivity index (χ1v) is 19.6. The van der Waals surface area contributed by atoms with Gasteiger partial charge in [0.1, 0.15) is 48.0 Å². The Morgan fingerprint density at radius 2 is 1.31 bits per heavy atom. The van der Waals surface area contributed by atoms with Crippen LogP contribution in [0, 0.1) is 5.92 Å². The molecule has 1 saturated heterocycles. The van der Waals surface area contributed by atoms with Gasteiger partial charge in [-0.2, -0.15) is 0 Å². The number of rotatable bonds is 24. The van der Waals surface area contributed by atoms with E-state index in [1.54, 1.807) is 0 Å². The number of benzene rings is 1. The van der Waals surface area contributed by atoms with Crippen LogP contribution in [0.5, 0.6) is 5.75 Å². The summed E-state index contributed by atoms with van der Waals surface area (Å²) in [7, 11) is 0. The lowest BCUT2D eigenvalue weighted by Crippen LogP contribution is -2.61. The Morgan fingerprint density at radius 1 is 0.726 bits per heavy atom. The highest BCUT2D eigenvalue weighted by Crippen LogP contribution is 2.20. The van der Waals surface area contributed by atoms with Gasteiger partial charge in [0.15, 0.2) is 0 Å². The molecule has 0 spiro atoms. The van der Waals surface area contributed by atoms with Crippen LogP contribution in [-0.2, 0) is 54.4 Å². The van der Waals surface area contributed by atoms with Crippen LogP contribution in [0.15, 0.2) is 24.3 Å². The number of aliphatic carboxylic acids is 3. The SMILES string of the molecule is CC(NC(=O)C(N)Cc1ccc(O)cc1)C(=O)NC(CCC(=O)O)C(=O)NC(CO)C(=O)NC(CC(=O)O)C(=O)N1CCCC1C(=O)NC(C(=O)NC(C(=O)O)C(C)C)C(C)O. The minimum atomic E-state index is -1.91. The number of aliphatic hydroxyl groups excluding tert-OH is 2. The van der Waals surface area contributed by atoms with Gasteiger partial charge in [-0.25, -0.2) is 4.79 Å². The van der Waals surface area contributed by atoms with Crippen LogP contribution >= 0.6 is 0 Å². The summed E-state index contributed by atoms with van der Waals surface area (Å²) in [5.74, 6) is -12.2. The number of phenolic OH excluding ortho intramolecular Hbond substituents is 1. The van der Waals surface area contributed by atoms with Gasteiger partial charge >= 0.3 is 17.9 Å². The van der Waals surface area contributed by atoms with Crippen molar-refractivity contribution < 1.29 is 78.6 Å². The summed E-state index contributed by atoms with van der Waals surface area (Å²) >= 11 is 0. The van der Waals surface area contributed by atoms with E-state index >= 15 is 0 Å². The maximum Gasteiger partial charge on any atom is 0.326 e. The van der Waals surface area contributed by atoms with Crippen molar-refractivity contribution in [2.45, 2.75) is 121 Å². The summed E-state index contributed by atoms with van der Waals surface area (Å²) in [6.45, 7) is 4.17. The van der Waals surface area contributed by atoms with Crippen LogP contribution in [-0.4, -0.2) is 162 Å². The molecule has 0 saturated carbocycles. The molecule has 1 aliphatic heterocycles. The number of phenols is 1. The number of aromatic hydroxyl groups is 1. The number of hydrogen-bond donors (Lipinski definition) is 13. The molecule has 24 heteroatoms. The first-order valence-electron chi connectivity index (χ1n) is 19.6. The van der Waals surface area contributed by atoms with Gasteiger partial charge in [0.05, 0.1) is 25.2 Å². The Morgan fingerprint density at radius 3 is 1.84 bits per heavy atom. The number of carboxylic acid groups (broad SMARTS) is 3. The average molecular weight is 881 g/mol. The third-order valence-corrected chi connectivity index (χ3v) is 9.70. The van der Waals surface area contributed by atoms with Crippen LogP contribution < -0.4 is 37.6 Å². The van der Waals surface area contributed by atoms with Crippen molar-refractivity contribution in [1.29, 1.82) is 0 Å². The molecule has 1 fully saturated rings. The Bertz CT molecular complexity index is 1810. The zero-order valence-electron chi connectivity index (χ0n) is 34.5. The second-order valence-corrected chi connectivity index (χ2v) is 15.1. The summed E-state index contributed by atoms with van der Waals surface area (Å²) in [5.41, 5.74) is 6.56. The number of carbonyl (C=O) groups excluding carboxylic acids is 7. The first kappa shape index (κ1) is 51.7. The summed E-state index contributed by atoms with van der Waals surface area (Å²) < 4.78 is 0. The topological polar surface area (TPSA) is 394 Å². The monoisotopic (exact) mass is 880 g/mol.